The first kappa shape index (κ1) is 14.1. The summed E-state index contributed by atoms with van der Waals surface area (Å²) in [7, 11) is 0. The van der Waals surface area contributed by atoms with Gasteiger partial charge in [-0.1, -0.05) is 18.2 Å². The molecule has 0 bridgehead atoms. The summed E-state index contributed by atoms with van der Waals surface area (Å²) < 4.78 is 7.07. The van der Waals surface area contributed by atoms with Crippen LogP contribution in [0.25, 0.3) is 16.4 Å². The normalized spacial score (nSPS) is 10.8. The van der Waals surface area contributed by atoms with E-state index in [1.54, 1.807) is 13.0 Å². The highest BCUT2D eigenvalue weighted by Gasteiger charge is 2.19. The van der Waals surface area contributed by atoms with E-state index in [9.17, 15) is 9.59 Å². The van der Waals surface area contributed by atoms with Gasteiger partial charge in [-0.15, -0.1) is 0 Å². The lowest BCUT2D eigenvalue weighted by Gasteiger charge is -2.05. The van der Waals surface area contributed by atoms with Gasteiger partial charge in [0.2, 0.25) is 5.91 Å². The highest BCUT2D eigenvalue weighted by molar-refractivity contribution is 6.12. The zero-order valence-electron chi connectivity index (χ0n) is 12.4. The number of pyridine rings is 1. The van der Waals surface area contributed by atoms with E-state index in [2.05, 4.69) is 5.32 Å². The van der Waals surface area contributed by atoms with Crippen molar-refractivity contribution in [2.24, 2.45) is 0 Å². The number of amides is 1. The number of hydrogen-bond donors (Lipinski definition) is 1. The summed E-state index contributed by atoms with van der Waals surface area (Å²) >= 11 is 0. The van der Waals surface area contributed by atoms with Crippen LogP contribution >= 0.6 is 0 Å². The smallest absolute Gasteiger partial charge is 0.340 e. The van der Waals surface area contributed by atoms with Gasteiger partial charge in [-0.2, -0.15) is 0 Å². The number of esters is 1. The molecule has 0 saturated carbocycles. The molecule has 5 nitrogen and oxygen atoms in total. The van der Waals surface area contributed by atoms with Gasteiger partial charge < -0.3 is 14.5 Å². The molecule has 0 radical (unpaired) electrons. The molecular weight excluding hydrogens is 280 g/mol. The SMILES string of the molecule is CCOC(=O)c1c2ccccc2n2cc(NC(C)=O)ccc12. The third-order valence-electron chi connectivity index (χ3n) is 3.44. The maximum Gasteiger partial charge on any atom is 0.340 e. The standard InChI is InChI=1S/C17H16N2O3/c1-3-22-17(21)16-13-6-4-5-7-14(13)19-10-12(18-11(2)20)8-9-15(16)19/h4-10H,3H2,1-2H3,(H,18,20). The summed E-state index contributed by atoms with van der Waals surface area (Å²) in [4.78, 5) is 23.5. The molecule has 5 heteroatoms. The maximum absolute atomic E-state index is 12.3. The Bertz CT molecular complexity index is 880. The number of fused-ring (bicyclic) bond motifs is 3. The summed E-state index contributed by atoms with van der Waals surface area (Å²) in [6.45, 7) is 3.57. The van der Waals surface area contributed by atoms with Crippen molar-refractivity contribution < 1.29 is 14.3 Å². The van der Waals surface area contributed by atoms with Crippen LogP contribution in [-0.4, -0.2) is 22.9 Å². The number of nitrogens with zero attached hydrogens (tertiary/aromatic N) is 1. The lowest BCUT2D eigenvalue weighted by atomic mass is 10.1. The highest BCUT2D eigenvalue weighted by atomic mass is 16.5. The predicted molar refractivity (Wildman–Crippen MR) is 85.2 cm³/mol. The van der Waals surface area contributed by atoms with Crippen LogP contribution in [0.4, 0.5) is 5.69 Å². The number of aromatic nitrogens is 1. The van der Waals surface area contributed by atoms with Crippen LogP contribution in [0, 0.1) is 0 Å². The zero-order valence-corrected chi connectivity index (χ0v) is 12.4. The number of nitrogens with one attached hydrogen (secondary N) is 1. The molecule has 0 aliphatic carbocycles. The average molecular weight is 296 g/mol. The number of hydrogen-bond acceptors (Lipinski definition) is 3. The summed E-state index contributed by atoms with van der Waals surface area (Å²) in [5.74, 6) is -0.477. The molecule has 0 aliphatic rings. The number of benzene rings is 1. The molecule has 0 saturated heterocycles. The molecule has 1 N–H and O–H groups in total. The van der Waals surface area contributed by atoms with Crippen LogP contribution in [0.1, 0.15) is 24.2 Å². The summed E-state index contributed by atoms with van der Waals surface area (Å²) in [5, 5.41) is 3.58. The topological polar surface area (TPSA) is 59.8 Å². The van der Waals surface area contributed by atoms with E-state index in [0.717, 1.165) is 16.4 Å². The van der Waals surface area contributed by atoms with Gasteiger partial charge in [0.15, 0.2) is 0 Å². The fourth-order valence-corrected chi connectivity index (χ4v) is 2.63. The number of ether oxygens (including phenoxy) is 1. The van der Waals surface area contributed by atoms with E-state index < -0.39 is 0 Å². The van der Waals surface area contributed by atoms with Gasteiger partial charge in [0.1, 0.15) is 0 Å². The van der Waals surface area contributed by atoms with Crippen molar-refractivity contribution >= 4 is 34.0 Å². The van der Waals surface area contributed by atoms with Crippen molar-refractivity contribution in [1.29, 1.82) is 0 Å². The Labute approximate surface area is 127 Å². The Morgan fingerprint density at radius 1 is 1.14 bits per heavy atom. The van der Waals surface area contributed by atoms with Gasteiger partial charge in [0.25, 0.3) is 0 Å². The fourth-order valence-electron chi connectivity index (χ4n) is 2.63. The van der Waals surface area contributed by atoms with Crippen LogP contribution in [0.2, 0.25) is 0 Å². The van der Waals surface area contributed by atoms with Gasteiger partial charge in [0, 0.05) is 18.5 Å². The van der Waals surface area contributed by atoms with Crippen LogP contribution in [-0.2, 0) is 9.53 Å². The Balaban J connectivity index is 2.29. The number of carbonyl (C=O) groups is 2. The van der Waals surface area contributed by atoms with Gasteiger partial charge in [-0.3, -0.25) is 4.79 Å². The van der Waals surface area contributed by atoms with E-state index in [4.69, 9.17) is 4.74 Å². The molecule has 3 aromatic rings. The van der Waals surface area contributed by atoms with E-state index >= 15 is 0 Å². The van der Waals surface area contributed by atoms with Crippen molar-refractivity contribution in [3.8, 4) is 0 Å². The summed E-state index contributed by atoms with van der Waals surface area (Å²) in [6, 6.07) is 11.2. The van der Waals surface area contributed by atoms with Crippen LogP contribution < -0.4 is 5.32 Å². The van der Waals surface area contributed by atoms with Gasteiger partial charge in [0.05, 0.1) is 28.9 Å². The second-order valence-corrected chi connectivity index (χ2v) is 4.97. The van der Waals surface area contributed by atoms with E-state index in [-0.39, 0.29) is 11.9 Å². The first-order valence-corrected chi connectivity index (χ1v) is 7.09. The van der Waals surface area contributed by atoms with Crippen molar-refractivity contribution in [3.63, 3.8) is 0 Å². The minimum Gasteiger partial charge on any atom is -0.462 e. The second kappa shape index (κ2) is 5.52. The van der Waals surface area contributed by atoms with Gasteiger partial charge in [-0.25, -0.2) is 4.79 Å². The minimum atomic E-state index is -0.339. The number of rotatable bonds is 3. The van der Waals surface area contributed by atoms with Crippen molar-refractivity contribution in [1.82, 2.24) is 4.40 Å². The second-order valence-electron chi connectivity index (χ2n) is 4.97. The minimum absolute atomic E-state index is 0.138. The molecule has 0 atom stereocenters. The van der Waals surface area contributed by atoms with Crippen molar-refractivity contribution in [3.05, 3.63) is 48.2 Å². The molecule has 112 valence electrons. The summed E-state index contributed by atoms with van der Waals surface area (Å²) in [6.07, 6.45) is 1.81. The quantitative estimate of drug-likeness (QED) is 0.755. The van der Waals surface area contributed by atoms with E-state index in [1.807, 2.05) is 40.9 Å². The Morgan fingerprint density at radius 3 is 2.64 bits per heavy atom. The monoisotopic (exact) mass is 296 g/mol. The Kier molecular flexibility index (Phi) is 3.55. The number of anilines is 1. The summed E-state index contributed by atoms with van der Waals surface area (Å²) in [5.41, 5.74) is 2.88. The molecule has 1 aromatic carbocycles. The van der Waals surface area contributed by atoms with Gasteiger partial charge >= 0.3 is 5.97 Å². The van der Waals surface area contributed by atoms with E-state index in [0.29, 0.717) is 17.9 Å². The predicted octanol–water partition coefficient (Wildman–Crippen LogP) is 3.23. The zero-order chi connectivity index (χ0) is 15.7. The van der Waals surface area contributed by atoms with Crippen LogP contribution in [0.15, 0.2) is 42.6 Å². The first-order chi connectivity index (χ1) is 10.6. The Morgan fingerprint density at radius 2 is 1.91 bits per heavy atom. The molecule has 22 heavy (non-hydrogen) atoms. The van der Waals surface area contributed by atoms with Crippen molar-refractivity contribution in [2.75, 3.05) is 11.9 Å². The molecule has 3 rings (SSSR count). The largest absolute Gasteiger partial charge is 0.462 e. The molecule has 0 fully saturated rings. The third kappa shape index (κ3) is 2.30. The first-order valence-electron chi connectivity index (χ1n) is 7.09. The number of para-hydroxylation sites is 1. The Hall–Kier alpha value is -2.82. The molecule has 0 aliphatic heterocycles. The molecular formula is C17H16N2O3. The molecule has 0 spiro atoms. The average Bonchev–Trinajstić information content (AvgIpc) is 2.81. The van der Waals surface area contributed by atoms with Crippen molar-refractivity contribution in [2.45, 2.75) is 13.8 Å². The maximum atomic E-state index is 12.3. The molecule has 0 unspecified atom stereocenters. The lowest BCUT2D eigenvalue weighted by Crippen LogP contribution is -2.07. The molecule has 1 amide bonds. The molecule has 2 aromatic heterocycles. The molecule has 2 heterocycles. The highest BCUT2D eigenvalue weighted by Crippen LogP contribution is 2.28. The fraction of sp³-hybridized carbons (Fsp3) is 0.176. The third-order valence-corrected chi connectivity index (χ3v) is 3.44. The van der Waals surface area contributed by atoms with Gasteiger partial charge in [-0.05, 0) is 25.1 Å². The van der Waals surface area contributed by atoms with E-state index in [1.165, 1.54) is 6.92 Å². The van der Waals surface area contributed by atoms with Crippen LogP contribution in [0.3, 0.4) is 0 Å². The number of carbonyl (C=O) groups excluding carboxylic acids is 2. The lowest BCUT2D eigenvalue weighted by molar-refractivity contribution is -0.114. The van der Waals surface area contributed by atoms with Crippen LogP contribution in [0.5, 0.6) is 0 Å².